The molecule has 0 spiro atoms. The van der Waals surface area contributed by atoms with Gasteiger partial charge in [-0.2, -0.15) is 5.26 Å². The highest BCUT2D eigenvalue weighted by Crippen LogP contribution is 2.37. The van der Waals surface area contributed by atoms with Gasteiger partial charge in [0.1, 0.15) is 11.4 Å². The molecule has 0 aliphatic carbocycles. The van der Waals surface area contributed by atoms with E-state index in [1.165, 1.54) is 43.0 Å². The molecule has 1 aliphatic rings. The Labute approximate surface area is 182 Å². The molecule has 0 bridgehead atoms. The lowest BCUT2D eigenvalue weighted by Gasteiger charge is -2.29. The number of nitrogens with one attached hydrogen (secondary N) is 1. The topological polar surface area (TPSA) is 76.4 Å². The molecule has 0 unspecified atom stereocenters. The summed E-state index contributed by atoms with van der Waals surface area (Å²) < 4.78 is 59.2. The van der Waals surface area contributed by atoms with Crippen LogP contribution in [0.1, 0.15) is 43.6 Å². The van der Waals surface area contributed by atoms with Crippen LogP contribution in [0.4, 0.5) is 15.8 Å². The number of hydrogen-bond donors (Lipinski definition) is 1. The number of hydrogen-bond acceptors (Lipinski definition) is 4. The molecule has 0 atom stereocenters. The van der Waals surface area contributed by atoms with Crippen molar-refractivity contribution in [1.29, 1.82) is 5.26 Å². The number of carbonyl (C=O) groups is 2. The molecule has 3 rings (SSSR count). The summed E-state index contributed by atoms with van der Waals surface area (Å²) in [5.41, 5.74) is -1.93. The fourth-order valence-corrected chi connectivity index (χ4v) is 3.64. The summed E-state index contributed by atoms with van der Waals surface area (Å²) in [6.45, 7) is -2.36. The molecule has 0 saturated carbocycles. The van der Waals surface area contributed by atoms with Gasteiger partial charge in [-0.1, -0.05) is 0 Å². The first-order valence-electron chi connectivity index (χ1n) is 11.3. The van der Waals surface area contributed by atoms with Gasteiger partial charge in [0.25, 0.3) is 11.8 Å². The molecule has 2 aromatic carbocycles. The van der Waals surface area contributed by atoms with Crippen molar-refractivity contribution in [2.45, 2.75) is 26.2 Å². The SMILES string of the molecule is [2H]C([2H])([2H])NC(=O)c1ccc(N2C(=S)N(c3ccc(C#N)c(C([2H])([2H])[2H])c3)C(=O)C2(C)C)cc1F. The molecular weight excluding hydrogens is 391 g/mol. The Morgan fingerprint density at radius 2 is 2.00 bits per heavy atom. The Bertz CT molecular complexity index is 1290. The van der Waals surface area contributed by atoms with Gasteiger partial charge in [-0.25, -0.2) is 4.39 Å². The summed E-state index contributed by atoms with van der Waals surface area (Å²) in [5.74, 6) is -2.70. The number of nitrogens with zero attached hydrogens (tertiary/aromatic N) is 3. The molecular formula is C21H19FN4O2S. The zero-order valence-electron chi connectivity index (χ0n) is 21.4. The van der Waals surface area contributed by atoms with Gasteiger partial charge >= 0.3 is 0 Å². The van der Waals surface area contributed by atoms with Gasteiger partial charge in [0.15, 0.2) is 5.11 Å². The number of halogens is 1. The van der Waals surface area contributed by atoms with Gasteiger partial charge in [0, 0.05) is 20.9 Å². The van der Waals surface area contributed by atoms with Crippen LogP contribution in [0.3, 0.4) is 0 Å². The Kier molecular flexibility index (Phi) is 3.45. The van der Waals surface area contributed by atoms with Crippen LogP contribution in [-0.2, 0) is 4.79 Å². The third kappa shape index (κ3) is 3.23. The van der Waals surface area contributed by atoms with Gasteiger partial charge in [-0.15, -0.1) is 0 Å². The lowest BCUT2D eigenvalue weighted by atomic mass is 10.0. The highest BCUT2D eigenvalue weighted by Gasteiger charge is 2.50. The van der Waals surface area contributed by atoms with Gasteiger partial charge < -0.3 is 10.2 Å². The zero-order chi connectivity index (χ0) is 26.5. The van der Waals surface area contributed by atoms with E-state index in [2.05, 4.69) is 0 Å². The maximum atomic E-state index is 14.8. The van der Waals surface area contributed by atoms with Gasteiger partial charge in [0.05, 0.1) is 22.9 Å². The second kappa shape index (κ2) is 7.26. The molecule has 1 heterocycles. The van der Waals surface area contributed by atoms with Crippen molar-refractivity contribution in [3.63, 3.8) is 0 Å². The normalized spacial score (nSPS) is 19.4. The molecule has 1 saturated heterocycles. The molecule has 29 heavy (non-hydrogen) atoms. The number of thiocarbonyl (C=S) groups is 1. The van der Waals surface area contributed by atoms with E-state index in [4.69, 9.17) is 20.4 Å². The van der Waals surface area contributed by atoms with Crippen LogP contribution in [0, 0.1) is 24.0 Å². The van der Waals surface area contributed by atoms with Crippen molar-refractivity contribution >= 4 is 40.5 Å². The third-order valence-electron chi connectivity index (χ3n) is 4.62. The van der Waals surface area contributed by atoms with Crippen LogP contribution >= 0.6 is 12.2 Å². The largest absolute Gasteiger partial charge is 0.355 e. The Morgan fingerprint density at radius 3 is 2.62 bits per heavy atom. The molecule has 2 amide bonds. The summed E-state index contributed by atoms with van der Waals surface area (Å²) in [7, 11) is 0. The average Bonchev–Trinajstić information content (AvgIpc) is 2.89. The molecule has 1 fully saturated rings. The molecule has 1 N–H and O–H groups in total. The van der Waals surface area contributed by atoms with Crippen LogP contribution in [0.5, 0.6) is 0 Å². The summed E-state index contributed by atoms with van der Waals surface area (Å²) in [6, 6.07) is 9.01. The lowest BCUT2D eigenvalue weighted by Crippen LogP contribution is -2.44. The standard InChI is InChI=1S/C21H19FN4O2S/c1-12-9-14(6-5-13(12)11-23)25-19(28)21(2,3)26(20(25)29)15-7-8-16(17(22)10-15)18(27)24-4/h5-10H,1-4H3,(H,24,27)/i1D3,4D3. The summed E-state index contributed by atoms with van der Waals surface area (Å²) in [4.78, 5) is 27.8. The van der Waals surface area contributed by atoms with Crippen molar-refractivity contribution in [1.82, 2.24) is 5.32 Å². The number of rotatable bonds is 3. The Balaban J connectivity index is 2.04. The first-order chi connectivity index (χ1) is 16.0. The van der Waals surface area contributed by atoms with Crippen LogP contribution in [-0.4, -0.2) is 29.4 Å². The number of nitriles is 1. The number of amides is 2. The fourth-order valence-electron chi connectivity index (χ4n) is 3.12. The van der Waals surface area contributed by atoms with Crippen molar-refractivity contribution in [3.05, 3.63) is 58.9 Å². The molecule has 2 aromatic rings. The molecule has 0 aromatic heterocycles. The lowest BCUT2D eigenvalue weighted by molar-refractivity contribution is -0.120. The number of benzene rings is 2. The predicted molar refractivity (Wildman–Crippen MR) is 112 cm³/mol. The number of carbonyl (C=O) groups excluding carboxylic acids is 2. The average molecular weight is 417 g/mol. The maximum Gasteiger partial charge on any atom is 0.259 e. The summed E-state index contributed by atoms with van der Waals surface area (Å²) in [5, 5.41) is 10.9. The summed E-state index contributed by atoms with van der Waals surface area (Å²) in [6.07, 6.45) is 0. The van der Waals surface area contributed by atoms with E-state index >= 15 is 0 Å². The molecule has 0 radical (unpaired) electrons. The minimum absolute atomic E-state index is 0.0737. The maximum absolute atomic E-state index is 14.8. The number of aryl methyl sites for hydroxylation is 1. The Morgan fingerprint density at radius 1 is 1.28 bits per heavy atom. The van der Waals surface area contributed by atoms with E-state index in [9.17, 15) is 19.2 Å². The van der Waals surface area contributed by atoms with E-state index in [1.807, 2.05) is 6.07 Å². The number of anilines is 2. The molecule has 148 valence electrons. The minimum Gasteiger partial charge on any atom is -0.355 e. The zero-order valence-corrected chi connectivity index (χ0v) is 16.2. The van der Waals surface area contributed by atoms with E-state index in [0.717, 1.165) is 17.0 Å². The van der Waals surface area contributed by atoms with E-state index < -0.39 is 42.6 Å². The van der Waals surface area contributed by atoms with Crippen molar-refractivity contribution < 1.29 is 22.2 Å². The second-order valence-electron chi connectivity index (χ2n) is 6.78. The van der Waals surface area contributed by atoms with Gasteiger partial charge in [-0.3, -0.25) is 14.5 Å². The Hall–Kier alpha value is -3.31. The van der Waals surface area contributed by atoms with E-state index in [1.54, 1.807) is 5.32 Å². The van der Waals surface area contributed by atoms with Crippen LogP contribution in [0.15, 0.2) is 36.4 Å². The smallest absolute Gasteiger partial charge is 0.259 e. The van der Waals surface area contributed by atoms with Gasteiger partial charge in [-0.05, 0) is 74.9 Å². The van der Waals surface area contributed by atoms with Crippen LogP contribution in [0.25, 0.3) is 0 Å². The fraction of sp³-hybridized carbons (Fsp3) is 0.238. The van der Waals surface area contributed by atoms with E-state index in [0.29, 0.717) is 0 Å². The minimum atomic E-state index is -2.80. The highest BCUT2D eigenvalue weighted by molar-refractivity contribution is 7.81. The predicted octanol–water partition coefficient (Wildman–Crippen LogP) is 3.28. The monoisotopic (exact) mass is 416 g/mol. The van der Waals surface area contributed by atoms with Crippen molar-refractivity contribution in [3.8, 4) is 6.07 Å². The van der Waals surface area contributed by atoms with Crippen LogP contribution in [0.2, 0.25) is 0 Å². The van der Waals surface area contributed by atoms with E-state index in [-0.39, 0.29) is 27.6 Å². The molecule has 6 nitrogen and oxygen atoms in total. The second-order valence-corrected chi connectivity index (χ2v) is 7.14. The first kappa shape index (κ1) is 13.8. The van der Waals surface area contributed by atoms with Crippen LogP contribution < -0.4 is 15.1 Å². The van der Waals surface area contributed by atoms with Crippen molar-refractivity contribution in [2.75, 3.05) is 16.8 Å². The quantitative estimate of drug-likeness (QED) is 0.777. The highest BCUT2D eigenvalue weighted by atomic mass is 32.1. The third-order valence-corrected chi connectivity index (χ3v) is 4.98. The first-order valence-corrected chi connectivity index (χ1v) is 8.75. The van der Waals surface area contributed by atoms with Crippen molar-refractivity contribution in [2.24, 2.45) is 0 Å². The molecule has 1 aliphatic heterocycles. The summed E-state index contributed by atoms with van der Waals surface area (Å²) >= 11 is 5.50. The molecule has 8 heteroatoms. The van der Waals surface area contributed by atoms with Gasteiger partial charge in [0.2, 0.25) is 0 Å².